The highest BCUT2D eigenvalue weighted by Crippen LogP contribution is 2.38. The molecule has 1 amide bonds. The van der Waals surface area contributed by atoms with Crippen molar-refractivity contribution in [3.8, 4) is 0 Å². The average molecular weight is 516 g/mol. The maximum absolute atomic E-state index is 12.6. The number of anilines is 2. The maximum atomic E-state index is 12.6. The van der Waals surface area contributed by atoms with E-state index in [1.807, 2.05) is 4.90 Å². The van der Waals surface area contributed by atoms with Crippen LogP contribution in [0.4, 0.5) is 16.4 Å². The van der Waals surface area contributed by atoms with Crippen LogP contribution in [0.5, 0.6) is 0 Å². The first-order valence-corrected chi connectivity index (χ1v) is 12.8. The van der Waals surface area contributed by atoms with Crippen molar-refractivity contribution in [2.45, 2.75) is 45.4 Å². The lowest BCUT2D eigenvalue weighted by atomic mass is 9.95. The Kier molecular flexibility index (Phi) is 7.88. The Morgan fingerprint density at radius 1 is 1.17 bits per heavy atom. The van der Waals surface area contributed by atoms with Gasteiger partial charge in [0.05, 0.1) is 23.2 Å². The number of thiophene rings is 1. The number of nitrogens with one attached hydrogen (secondary N) is 1. The normalized spacial score (nSPS) is 15.7. The summed E-state index contributed by atoms with van der Waals surface area (Å²) in [6, 6.07) is 4.23. The lowest BCUT2D eigenvalue weighted by molar-refractivity contribution is -0.384. The number of aryl methyl sites for hydroxylation is 1. The molecule has 36 heavy (non-hydrogen) atoms. The molecule has 2 heterocycles. The summed E-state index contributed by atoms with van der Waals surface area (Å²) in [6.07, 6.45) is 5.44. The van der Waals surface area contributed by atoms with Gasteiger partial charge in [0, 0.05) is 24.0 Å². The van der Waals surface area contributed by atoms with Gasteiger partial charge in [-0.1, -0.05) is 6.92 Å². The van der Waals surface area contributed by atoms with Crippen LogP contribution in [0.3, 0.4) is 0 Å². The van der Waals surface area contributed by atoms with E-state index in [-0.39, 0.29) is 11.3 Å². The molecule has 11 heteroatoms. The molecule has 2 aliphatic rings. The number of benzene rings is 1. The number of nitrogens with zero attached hydrogens (tertiary/aromatic N) is 2. The van der Waals surface area contributed by atoms with E-state index in [1.165, 1.54) is 30.6 Å². The maximum Gasteiger partial charge on any atom is 0.341 e. The smallest absolute Gasteiger partial charge is 0.341 e. The van der Waals surface area contributed by atoms with Crippen LogP contribution in [0.1, 0.15) is 63.8 Å². The van der Waals surface area contributed by atoms with Gasteiger partial charge in [-0.3, -0.25) is 14.9 Å². The van der Waals surface area contributed by atoms with Crippen LogP contribution in [0.25, 0.3) is 0 Å². The fraction of sp³-hybridized carbons (Fsp3) is 0.480. The zero-order chi connectivity index (χ0) is 25.8. The number of methoxy groups -OCH3 is 1. The van der Waals surface area contributed by atoms with Gasteiger partial charge >= 0.3 is 11.9 Å². The third-order valence-corrected chi connectivity index (χ3v) is 7.89. The number of fused-ring (bicyclic) bond motifs is 1. The second kappa shape index (κ2) is 11.1. The summed E-state index contributed by atoms with van der Waals surface area (Å²) in [5, 5.41) is 14.7. The summed E-state index contributed by atoms with van der Waals surface area (Å²) in [4.78, 5) is 51.6. The molecule has 1 aliphatic carbocycles. The van der Waals surface area contributed by atoms with Crippen LogP contribution in [0, 0.1) is 16.0 Å². The number of hydrogen-bond donors (Lipinski definition) is 1. The third-order valence-electron chi connectivity index (χ3n) is 6.68. The van der Waals surface area contributed by atoms with Gasteiger partial charge in [-0.2, -0.15) is 0 Å². The number of carbonyl (C=O) groups is 3. The first-order chi connectivity index (χ1) is 17.3. The van der Waals surface area contributed by atoms with Gasteiger partial charge < -0.3 is 19.7 Å². The Balaban J connectivity index is 1.42. The second-order valence-corrected chi connectivity index (χ2v) is 10.3. The molecule has 0 spiro atoms. The second-order valence-electron chi connectivity index (χ2n) is 9.16. The number of ether oxygens (including phenoxy) is 2. The van der Waals surface area contributed by atoms with Crippen LogP contribution in [-0.2, 0) is 27.1 Å². The molecular formula is C25H29N3O7S. The van der Waals surface area contributed by atoms with Crippen LogP contribution >= 0.6 is 11.3 Å². The average Bonchev–Trinajstić information content (AvgIpc) is 3.24. The number of rotatable bonds is 7. The SMILES string of the molecule is COC(=O)c1c(NC(=O)COC(=O)c2ccc(N3CCC(C)CC3)c([N+](=O)[O-])c2)sc2c1CCCC2. The van der Waals surface area contributed by atoms with Crippen molar-refractivity contribution in [3.05, 3.63) is 49.9 Å². The monoisotopic (exact) mass is 515 g/mol. The molecule has 0 saturated carbocycles. The van der Waals surface area contributed by atoms with E-state index in [0.717, 1.165) is 49.0 Å². The van der Waals surface area contributed by atoms with Crippen molar-refractivity contribution < 1.29 is 28.8 Å². The Bertz CT molecular complexity index is 1180. The van der Waals surface area contributed by atoms with Crippen LogP contribution in [-0.4, -0.2) is 49.6 Å². The van der Waals surface area contributed by atoms with Gasteiger partial charge in [0.1, 0.15) is 10.7 Å². The summed E-state index contributed by atoms with van der Waals surface area (Å²) in [7, 11) is 1.29. The zero-order valence-electron chi connectivity index (χ0n) is 20.3. The van der Waals surface area contributed by atoms with Crippen molar-refractivity contribution in [1.29, 1.82) is 0 Å². The fourth-order valence-corrected chi connectivity index (χ4v) is 5.96. The highest BCUT2D eigenvalue weighted by molar-refractivity contribution is 7.17. The Labute approximate surface area is 212 Å². The summed E-state index contributed by atoms with van der Waals surface area (Å²) in [6.45, 7) is 2.99. The molecule has 1 aliphatic heterocycles. The highest BCUT2D eigenvalue weighted by Gasteiger charge is 2.28. The molecule has 1 aromatic heterocycles. The predicted molar refractivity (Wildman–Crippen MR) is 135 cm³/mol. The van der Waals surface area contributed by atoms with Gasteiger partial charge in [-0.15, -0.1) is 11.3 Å². The molecule has 192 valence electrons. The van der Waals surface area contributed by atoms with Crippen molar-refractivity contribution in [1.82, 2.24) is 0 Å². The molecule has 0 bridgehead atoms. The number of amides is 1. The summed E-state index contributed by atoms with van der Waals surface area (Å²) < 4.78 is 10.0. The van der Waals surface area contributed by atoms with Crippen molar-refractivity contribution in [3.63, 3.8) is 0 Å². The van der Waals surface area contributed by atoms with Gasteiger partial charge in [0.15, 0.2) is 6.61 Å². The minimum absolute atomic E-state index is 0.00883. The summed E-state index contributed by atoms with van der Waals surface area (Å²) in [5.74, 6) is -1.40. The summed E-state index contributed by atoms with van der Waals surface area (Å²) >= 11 is 1.33. The van der Waals surface area contributed by atoms with E-state index < -0.39 is 29.4 Å². The van der Waals surface area contributed by atoms with Gasteiger partial charge in [0.2, 0.25) is 0 Å². The Morgan fingerprint density at radius 2 is 1.89 bits per heavy atom. The van der Waals surface area contributed by atoms with Crippen molar-refractivity contribution >= 4 is 45.6 Å². The minimum atomic E-state index is -0.842. The zero-order valence-corrected chi connectivity index (χ0v) is 21.2. The molecule has 0 atom stereocenters. The Hall–Kier alpha value is -3.47. The molecular weight excluding hydrogens is 486 g/mol. The number of piperidine rings is 1. The molecule has 1 aromatic carbocycles. The number of nitro benzene ring substituents is 1. The van der Waals surface area contributed by atoms with Crippen molar-refractivity contribution in [2.75, 3.05) is 37.0 Å². The quantitative estimate of drug-likeness (QED) is 0.327. The lowest BCUT2D eigenvalue weighted by Crippen LogP contribution is -2.33. The first-order valence-electron chi connectivity index (χ1n) is 12.0. The largest absolute Gasteiger partial charge is 0.465 e. The molecule has 10 nitrogen and oxygen atoms in total. The van der Waals surface area contributed by atoms with Gasteiger partial charge in [-0.25, -0.2) is 9.59 Å². The lowest BCUT2D eigenvalue weighted by Gasteiger charge is -2.31. The first kappa shape index (κ1) is 25.6. The van der Waals surface area contributed by atoms with E-state index in [2.05, 4.69) is 12.2 Å². The van der Waals surface area contributed by atoms with E-state index in [9.17, 15) is 24.5 Å². The number of esters is 2. The molecule has 4 rings (SSSR count). The number of carbonyl (C=O) groups excluding carboxylic acids is 3. The molecule has 1 saturated heterocycles. The van der Waals surface area contributed by atoms with Crippen LogP contribution in [0.2, 0.25) is 0 Å². The van der Waals surface area contributed by atoms with Gasteiger partial charge in [0.25, 0.3) is 11.6 Å². The highest BCUT2D eigenvalue weighted by atomic mass is 32.1. The number of nitro groups is 1. The van der Waals surface area contributed by atoms with Crippen LogP contribution < -0.4 is 10.2 Å². The Morgan fingerprint density at radius 3 is 2.58 bits per heavy atom. The molecule has 2 aromatic rings. The van der Waals surface area contributed by atoms with Crippen molar-refractivity contribution in [2.24, 2.45) is 5.92 Å². The standard InChI is InChI=1S/C25H29N3O7S/c1-15-9-11-27(12-10-15)18-8-7-16(13-19(18)28(32)33)24(30)35-14-21(29)26-23-22(25(31)34-2)17-5-3-4-6-20(17)36-23/h7-8,13,15H,3-6,9-12,14H2,1-2H3,(H,26,29). The fourth-order valence-electron chi connectivity index (χ4n) is 4.66. The van der Waals surface area contributed by atoms with E-state index in [0.29, 0.717) is 35.3 Å². The van der Waals surface area contributed by atoms with Crippen LogP contribution in [0.15, 0.2) is 18.2 Å². The van der Waals surface area contributed by atoms with E-state index in [4.69, 9.17) is 9.47 Å². The van der Waals surface area contributed by atoms with Gasteiger partial charge in [-0.05, 0) is 62.1 Å². The predicted octanol–water partition coefficient (Wildman–Crippen LogP) is 4.35. The van der Waals surface area contributed by atoms with E-state index in [1.54, 1.807) is 6.07 Å². The summed E-state index contributed by atoms with van der Waals surface area (Å²) in [5.41, 5.74) is 1.55. The third kappa shape index (κ3) is 5.51. The molecule has 1 N–H and O–H groups in total. The minimum Gasteiger partial charge on any atom is -0.465 e. The topological polar surface area (TPSA) is 128 Å². The van der Waals surface area contributed by atoms with E-state index >= 15 is 0 Å². The molecule has 0 unspecified atom stereocenters. The molecule has 0 radical (unpaired) electrons. The number of hydrogen-bond acceptors (Lipinski definition) is 9. The molecule has 1 fully saturated rings.